The van der Waals surface area contributed by atoms with Gasteiger partial charge in [-0.15, -0.1) is 0 Å². The van der Waals surface area contributed by atoms with Crippen molar-refractivity contribution >= 4 is 35.1 Å². The van der Waals surface area contributed by atoms with Crippen molar-refractivity contribution in [1.29, 1.82) is 0 Å². The summed E-state index contributed by atoms with van der Waals surface area (Å²) in [5, 5.41) is 4.05. The summed E-state index contributed by atoms with van der Waals surface area (Å²) in [5.41, 5.74) is 7.69. The van der Waals surface area contributed by atoms with Crippen molar-refractivity contribution in [3.8, 4) is 0 Å². The first-order valence-electron chi connectivity index (χ1n) is 3.63. The molecule has 3 N–H and O–H groups in total. The average molecular weight is 232 g/mol. The Labute approximate surface area is 90.7 Å². The summed E-state index contributed by atoms with van der Waals surface area (Å²) in [5.74, 6) is -0.414. The maximum atomic E-state index is 13.1. The normalized spacial score (nSPS) is 10.4. The van der Waals surface area contributed by atoms with Gasteiger partial charge in [-0.1, -0.05) is 11.6 Å². The molecule has 6 heteroatoms. The molecular weight excluding hydrogens is 225 g/mol. The molecule has 1 rings (SSSR count). The molecule has 0 heterocycles. The molecule has 0 saturated carbocycles. The van der Waals surface area contributed by atoms with Gasteiger partial charge in [0.1, 0.15) is 5.82 Å². The van der Waals surface area contributed by atoms with Crippen molar-refractivity contribution in [2.75, 3.05) is 0 Å². The molecule has 0 bridgehead atoms. The van der Waals surface area contributed by atoms with Gasteiger partial charge in [-0.05, 0) is 30.4 Å². The van der Waals surface area contributed by atoms with Crippen LogP contribution in [0.4, 0.5) is 4.39 Å². The number of hydrazone groups is 1. The molecule has 0 fully saturated rings. The Morgan fingerprint density at radius 3 is 3.00 bits per heavy atom. The predicted molar refractivity (Wildman–Crippen MR) is 58.9 cm³/mol. The monoisotopic (exact) mass is 231 g/mol. The maximum Gasteiger partial charge on any atom is 0.184 e. The van der Waals surface area contributed by atoms with E-state index in [1.165, 1.54) is 24.4 Å². The minimum Gasteiger partial charge on any atom is -0.375 e. The number of halogens is 2. The first-order chi connectivity index (χ1) is 6.59. The molecular formula is C8H7ClFN3S. The van der Waals surface area contributed by atoms with Gasteiger partial charge in [0, 0.05) is 10.6 Å². The summed E-state index contributed by atoms with van der Waals surface area (Å²) in [4.78, 5) is 0. The number of nitrogens with one attached hydrogen (secondary N) is 1. The van der Waals surface area contributed by atoms with Crippen LogP contribution in [-0.4, -0.2) is 11.3 Å². The molecule has 0 radical (unpaired) electrons. The van der Waals surface area contributed by atoms with Crippen molar-refractivity contribution in [3.63, 3.8) is 0 Å². The van der Waals surface area contributed by atoms with Crippen LogP contribution in [0.5, 0.6) is 0 Å². The molecule has 0 aliphatic rings. The number of nitrogens with zero attached hydrogens (tertiary/aromatic N) is 1. The molecule has 0 amide bonds. The highest BCUT2D eigenvalue weighted by Crippen LogP contribution is 2.12. The van der Waals surface area contributed by atoms with Gasteiger partial charge >= 0.3 is 0 Å². The van der Waals surface area contributed by atoms with Crippen LogP contribution in [-0.2, 0) is 0 Å². The Balaban J connectivity index is 2.80. The van der Waals surface area contributed by atoms with E-state index in [9.17, 15) is 4.39 Å². The minimum absolute atomic E-state index is 0.0173. The molecule has 0 atom stereocenters. The molecule has 3 nitrogen and oxygen atoms in total. The van der Waals surface area contributed by atoms with Crippen molar-refractivity contribution in [2.24, 2.45) is 10.8 Å². The lowest BCUT2D eigenvalue weighted by molar-refractivity contribution is 0.626. The van der Waals surface area contributed by atoms with Crippen molar-refractivity contribution in [3.05, 3.63) is 34.6 Å². The van der Waals surface area contributed by atoms with Crippen LogP contribution in [0.3, 0.4) is 0 Å². The number of benzene rings is 1. The second-order valence-corrected chi connectivity index (χ2v) is 3.28. The highest BCUT2D eigenvalue weighted by atomic mass is 35.5. The fraction of sp³-hybridized carbons (Fsp3) is 0. The topological polar surface area (TPSA) is 50.4 Å². The largest absolute Gasteiger partial charge is 0.375 e. The predicted octanol–water partition coefficient (Wildman–Crippen LogP) is 1.65. The Morgan fingerprint density at radius 1 is 1.64 bits per heavy atom. The fourth-order valence-electron chi connectivity index (χ4n) is 0.779. The second-order valence-electron chi connectivity index (χ2n) is 2.40. The number of hydrogen-bond acceptors (Lipinski definition) is 2. The van der Waals surface area contributed by atoms with E-state index in [1.807, 2.05) is 0 Å². The van der Waals surface area contributed by atoms with E-state index in [1.54, 1.807) is 0 Å². The third kappa shape index (κ3) is 3.27. The lowest BCUT2D eigenvalue weighted by Gasteiger charge is -1.97. The third-order valence-corrected chi connectivity index (χ3v) is 1.66. The quantitative estimate of drug-likeness (QED) is 0.462. The van der Waals surface area contributed by atoms with E-state index >= 15 is 0 Å². The average Bonchev–Trinajstić information content (AvgIpc) is 2.10. The van der Waals surface area contributed by atoms with Gasteiger partial charge in [-0.2, -0.15) is 5.10 Å². The first-order valence-corrected chi connectivity index (χ1v) is 4.42. The summed E-state index contributed by atoms with van der Waals surface area (Å²) in [7, 11) is 0. The van der Waals surface area contributed by atoms with E-state index in [4.69, 9.17) is 17.3 Å². The Bertz CT molecular complexity index is 381. The van der Waals surface area contributed by atoms with E-state index < -0.39 is 5.82 Å². The highest BCUT2D eigenvalue weighted by molar-refractivity contribution is 7.80. The molecule has 0 unspecified atom stereocenters. The maximum absolute atomic E-state index is 13.1. The smallest absolute Gasteiger partial charge is 0.184 e. The molecule has 1 aromatic rings. The van der Waals surface area contributed by atoms with E-state index in [2.05, 4.69) is 22.7 Å². The van der Waals surface area contributed by atoms with E-state index in [0.717, 1.165) is 0 Å². The zero-order valence-corrected chi connectivity index (χ0v) is 8.57. The zero-order chi connectivity index (χ0) is 10.6. The van der Waals surface area contributed by atoms with Crippen LogP contribution >= 0.6 is 23.8 Å². The van der Waals surface area contributed by atoms with Crippen LogP contribution in [0.25, 0.3) is 0 Å². The number of thiocarbonyl (C=S) groups is 1. The molecule has 0 aliphatic heterocycles. The third-order valence-electron chi connectivity index (χ3n) is 1.34. The molecule has 14 heavy (non-hydrogen) atoms. The Kier molecular flexibility index (Phi) is 3.79. The van der Waals surface area contributed by atoms with Crippen molar-refractivity contribution < 1.29 is 4.39 Å². The van der Waals surface area contributed by atoms with Crippen molar-refractivity contribution in [2.45, 2.75) is 0 Å². The fourth-order valence-corrected chi connectivity index (χ4v) is 1.01. The summed E-state index contributed by atoms with van der Waals surface area (Å²) < 4.78 is 13.1. The van der Waals surface area contributed by atoms with Gasteiger partial charge in [0.25, 0.3) is 0 Å². The van der Waals surface area contributed by atoms with Gasteiger partial charge in [0.15, 0.2) is 5.11 Å². The summed E-state index contributed by atoms with van der Waals surface area (Å²) in [6, 6.07) is 4.15. The lowest BCUT2D eigenvalue weighted by atomic mass is 10.2. The molecule has 74 valence electrons. The Hall–Kier alpha value is -1.20. The van der Waals surface area contributed by atoms with Crippen LogP contribution < -0.4 is 11.2 Å². The number of rotatable bonds is 2. The van der Waals surface area contributed by atoms with Crippen LogP contribution in [0, 0.1) is 5.82 Å². The van der Waals surface area contributed by atoms with Crippen molar-refractivity contribution in [1.82, 2.24) is 5.43 Å². The summed E-state index contributed by atoms with van der Waals surface area (Å²) in [6.07, 6.45) is 1.25. The van der Waals surface area contributed by atoms with E-state index in [-0.39, 0.29) is 10.7 Å². The molecule has 0 aromatic heterocycles. The van der Waals surface area contributed by atoms with Gasteiger partial charge in [-0.3, -0.25) is 5.43 Å². The molecule has 0 aliphatic carbocycles. The lowest BCUT2D eigenvalue weighted by Crippen LogP contribution is -2.24. The Morgan fingerprint density at radius 2 is 2.36 bits per heavy atom. The molecule has 0 spiro atoms. The van der Waals surface area contributed by atoms with Gasteiger partial charge < -0.3 is 5.73 Å². The highest BCUT2D eigenvalue weighted by Gasteiger charge is 1.99. The minimum atomic E-state index is -0.414. The first kappa shape index (κ1) is 10.9. The van der Waals surface area contributed by atoms with Crippen LogP contribution in [0.2, 0.25) is 5.02 Å². The number of nitrogens with two attached hydrogens (primary N) is 1. The SMILES string of the molecule is NC(=S)N/N=C/c1cc(Cl)ccc1F. The summed E-state index contributed by atoms with van der Waals surface area (Å²) >= 11 is 10.2. The standard InChI is InChI=1S/C8H7ClFN3S/c9-6-1-2-7(10)5(3-6)4-12-13-8(11)14/h1-4H,(H3,11,13,14)/b12-4+. The van der Waals surface area contributed by atoms with Gasteiger partial charge in [0.05, 0.1) is 6.21 Å². The zero-order valence-electron chi connectivity index (χ0n) is 7.00. The van der Waals surface area contributed by atoms with Gasteiger partial charge in [0.2, 0.25) is 0 Å². The summed E-state index contributed by atoms with van der Waals surface area (Å²) in [6.45, 7) is 0. The molecule has 0 saturated heterocycles. The van der Waals surface area contributed by atoms with Gasteiger partial charge in [-0.25, -0.2) is 4.39 Å². The van der Waals surface area contributed by atoms with Crippen LogP contribution in [0.1, 0.15) is 5.56 Å². The molecule has 1 aromatic carbocycles. The number of hydrogen-bond donors (Lipinski definition) is 2. The van der Waals surface area contributed by atoms with Crippen LogP contribution in [0.15, 0.2) is 23.3 Å². The second kappa shape index (κ2) is 4.88. The van der Waals surface area contributed by atoms with E-state index in [0.29, 0.717) is 5.02 Å².